The van der Waals surface area contributed by atoms with Crippen LogP contribution in [-0.2, 0) is 12.8 Å². The number of hydrogen-bond donors (Lipinski definition) is 1. The lowest BCUT2D eigenvalue weighted by Gasteiger charge is -2.19. The van der Waals surface area contributed by atoms with Gasteiger partial charge < -0.3 is 5.11 Å². The van der Waals surface area contributed by atoms with Crippen LogP contribution in [0.2, 0.25) is 0 Å². The minimum absolute atomic E-state index is 0.457. The highest BCUT2D eigenvalue weighted by Gasteiger charge is 2.25. The summed E-state index contributed by atoms with van der Waals surface area (Å²) in [7, 11) is 0. The molecule has 76 valence electrons. The number of fused-ring (bicyclic) bond motifs is 1. The molecule has 1 atom stereocenters. The van der Waals surface area contributed by atoms with Gasteiger partial charge in [-0.2, -0.15) is 4.37 Å². The first-order valence-electron chi connectivity index (χ1n) is 4.93. The molecule has 0 saturated carbocycles. The number of aromatic nitrogens is 1. The maximum absolute atomic E-state index is 10.9. The van der Waals surface area contributed by atoms with Crippen LogP contribution >= 0.6 is 11.5 Å². The van der Waals surface area contributed by atoms with Crippen molar-refractivity contribution < 1.29 is 9.90 Å². The van der Waals surface area contributed by atoms with Crippen LogP contribution in [0.15, 0.2) is 0 Å². The Kier molecular flexibility index (Phi) is 2.54. The van der Waals surface area contributed by atoms with E-state index in [0.717, 1.165) is 48.5 Å². The summed E-state index contributed by atoms with van der Waals surface area (Å²) >= 11 is 1.14. The van der Waals surface area contributed by atoms with Crippen molar-refractivity contribution in [1.82, 2.24) is 4.37 Å². The molecule has 0 amide bonds. The van der Waals surface area contributed by atoms with E-state index in [0.29, 0.717) is 10.8 Å². The predicted molar refractivity (Wildman–Crippen MR) is 54.9 cm³/mol. The standard InChI is InChI=1S/C10H13NO2S/c1-2-6-3-4-8-7(5-6)9(10(12)13)14-11-8/h6H,2-5H2,1H3,(H,12,13). The summed E-state index contributed by atoms with van der Waals surface area (Å²) in [5, 5.41) is 8.96. The van der Waals surface area contributed by atoms with Crippen molar-refractivity contribution in [3.8, 4) is 0 Å². The highest BCUT2D eigenvalue weighted by molar-refractivity contribution is 7.08. The zero-order chi connectivity index (χ0) is 10.1. The van der Waals surface area contributed by atoms with Crippen LogP contribution in [0, 0.1) is 5.92 Å². The minimum Gasteiger partial charge on any atom is -0.477 e. The fourth-order valence-corrected chi connectivity index (χ4v) is 2.79. The fraction of sp³-hybridized carbons (Fsp3) is 0.600. The number of carboxylic acids is 1. The molecule has 1 N–H and O–H groups in total. The Morgan fingerprint density at radius 2 is 2.50 bits per heavy atom. The molecule has 3 nitrogen and oxygen atoms in total. The third kappa shape index (κ3) is 1.54. The van der Waals surface area contributed by atoms with Gasteiger partial charge in [0.05, 0.1) is 5.69 Å². The number of carbonyl (C=O) groups is 1. The number of rotatable bonds is 2. The fourth-order valence-electron chi connectivity index (χ4n) is 2.00. The molecule has 0 bridgehead atoms. The summed E-state index contributed by atoms with van der Waals surface area (Å²) in [5.41, 5.74) is 2.03. The second-order valence-corrected chi connectivity index (χ2v) is 4.53. The van der Waals surface area contributed by atoms with Crippen molar-refractivity contribution in [2.45, 2.75) is 32.6 Å². The van der Waals surface area contributed by atoms with Crippen molar-refractivity contribution in [3.05, 3.63) is 16.1 Å². The summed E-state index contributed by atoms with van der Waals surface area (Å²) in [6.07, 6.45) is 4.15. The average Bonchev–Trinajstić information content (AvgIpc) is 2.59. The Bertz CT molecular complexity index is 359. The van der Waals surface area contributed by atoms with Gasteiger partial charge in [0.1, 0.15) is 4.88 Å². The smallest absolute Gasteiger partial charge is 0.347 e. The van der Waals surface area contributed by atoms with Gasteiger partial charge in [-0.15, -0.1) is 0 Å². The second kappa shape index (κ2) is 3.69. The van der Waals surface area contributed by atoms with Crippen molar-refractivity contribution in [3.63, 3.8) is 0 Å². The first kappa shape index (κ1) is 9.65. The van der Waals surface area contributed by atoms with Crippen LogP contribution in [0.4, 0.5) is 0 Å². The van der Waals surface area contributed by atoms with E-state index >= 15 is 0 Å². The SMILES string of the molecule is CCC1CCc2nsc(C(=O)O)c2C1. The molecular weight excluding hydrogens is 198 g/mol. The number of aryl methyl sites for hydroxylation is 1. The van der Waals surface area contributed by atoms with Crippen molar-refractivity contribution in [1.29, 1.82) is 0 Å². The third-order valence-electron chi connectivity index (χ3n) is 2.92. The Hall–Kier alpha value is -0.900. The Balaban J connectivity index is 2.32. The molecule has 1 heterocycles. The highest BCUT2D eigenvalue weighted by atomic mass is 32.1. The molecule has 4 heteroatoms. The summed E-state index contributed by atoms with van der Waals surface area (Å²) in [5.74, 6) is -0.169. The molecule has 14 heavy (non-hydrogen) atoms. The van der Waals surface area contributed by atoms with Gasteiger partial charge in [-0.05, 0) is 36.7 Å². The van der Waals surface area contributed by atoms with E-state index in [2.05, 4.69) is 11.3 Å². The quantitative estimate of drug-likeness (QED) is 0.817. The number of hydrogen-bond acceptors (Lipinski definition) is 3. The normalized spacial score (nSPS) is 20.5. The van der Waals surface area contributed by atoms with E-state index in [9.17, 15) is 4.79 Å². The lowest BCUT2D eigenvalue weighted by atomic mass is 9.85. The Labute approximate surface area is 86.9 Å². The van der Waals surface area contributed by atoms with Crippen molar-refractivity contribution in [2.75, 3.05) is 0 Å². The van der Waals surface area contributed by atoms with Crippen LogP contribution in [0.3, 0.4) is 0 Å². The molecule has 1 aliphatic carbocycles. The van der Waals surface area contributed by atoms with Crippen LogP contribution < -0.4 is 0 Å². The molecule has 1 aromatic rings. The summed E-state index contributed by atoms with van der Waals surface area (Å²) in [6, 6.07) is 0. The van der Waals surface area contributed by atoms with Gasteiger partial charge in [0.2, 0.25) is 0 Å². The lowest BCUT2D eigenvalue weighted by Crippen LogP contribution is -2.14. The first-order valence-corrected chi connectivity index (χ1v) is 5.70. The molecule has 0 fully saturated rings. The monoisotopic (exact) mass is 211 g/mol. The van der Waals surface area contributed by atoms with Gasteiger partial charge >= 0.3 is 5.97 Å². The molecular formula is C10H13NO2S. The molecule has 0 aliphatic heterocycles. The van der Waals surface area contributed by atoms with Gasteiger partial charge in [-0.25, -0.2) is 4.79 Å². The number of nitrogens with zero attached hydrogens (tertiary/aromatic N) is 1. The van der Waals surface area contributed by atoms with Crippen LogP contribution in [0.25, 0.3) is 0 Å². The maximum atomic E-state index is 10.9. The van der Waals surface area contributed by atoms with Crippen LogP contribution in [0.1, 0.15) is 40.7 Å². The van der Waals surface area contributed by atoms with Crippen molar-refractivity contribution >= 4 is 17.5 Å². The number of aromatic carboxylic acids is 1. The maximum Gasteiger partial charge on any atom is 0.347 e. The second-order valence-electron chi connectivity index (χ2n) is 3.76. The summed E-state index contributed by atoms with van der Waals surface area (Å²) < 4.78 is 4.21. The summed E-state index contributed by atoms with van der Waals surface area (Å²) in [6.45, 7) is 2.16. The highest BCUT2D eigenvalue weighted by Crippen LogP contribution is 2.31. The van der Waals surface area contributed by atoms with Gasteiger partial charge in [0.25, 0.3) is 0 Å². The van der Waals surface area contributed by atoms with Gasteiger partial charge in [0.15, 0.2) is 0 Å². The van der Waals surface area contributed by atoms with E-state index in [1.54, 1.807) is 0 Å². The van der Waals surface area contributed by atoms with E-state index in [-0.39, 0.29) is 0 Å². The third-order valence-corrected chi connectivity index (χ3v) is 3.84. The first-order chi connectivity index (χ1) is 6.72. The zero-order valence-electron chi connectivity index (χ0n) is 8.12. The van der Waals surface area contributed by atoms with E-state index in [1.165, 1.54) is 0 Å². The molecule has 1 aliphatic rings. The van der Waals surface area contributed by atoms with Gasteiger partial charge in [0, 0.05) is 5.56 Å². The molecule has 0 radical (unpaired) electrons. The average molecular weight is 211 g/mol. The molecule has 0 saturated heterocycles. The molecule has 1 unspecified atom stereocenters. The van der Waals surface area contributed by atoms with E-state index < -0.39 is 5.97 Å². The predicted octanol–water partition coefficient (Wildman–Crippen LogP) is 2.36. The van der Waals surface area contributed by atoms with Crippen LogP contribution in [-0.4, -0.2) is 15.4 Å². The molecule has 0 spiro atoms. The van der Waals surface area contributed by atoms with Gasteiger partial charge in [-0.1, -0.05) is 13.3 Å². The van der Waals surface area contributed by atoms with Crippen LogP contribution in [0.5, 0.6) is 0 Å². The van der Waals surface area contributed by atoms with E-state index in [4.69, 9.17) is 5.11 Å². The molecule has 0 aromatic carbocycles. The minimum atomic E-state index is -0.819. The molecule has 1 aromatic heterocycles. The Morgan fingerprint density at radius 3 is 3.14 bits per heavy atom. The topological polar surface area (TPSA) is 50.2 Å². The zero-order valence-corrected chi connectivity index (χ0v) is 8.93. The lowest BCUT2D eigenvalue weighted by molar-refractivity contribution is 0.0700. The molecule has 2 rings (SSSR count). The van der Waals surface area contributed by atoms with Crippen molar-refractivity contribution in [2.24, 2.45) is 5.92 Å². The van der Waals surface area contributed by atoms with E-state index in [1.807, 2.05) is 0 Å². The summed E-state index contributed by atoms with van der Waals surface area (Å²) in [4.78, 5) is 11.4. The Morgan fingerprint density at radius 1 is 1.71 bits per heavy atom. The van der Waals surface area contributed by atoms with Gasteiger partial charge in [-0.3, -0.25) is 0 Å². The largest absolute Gasteiger partial charge is 0.477 e. The number of carboxylic acid groups (broad SMARTS) is 1.